The van der Waals surface area contributed by atoms with Gasteiger partial charge in [-0.15, -0.1) is 11.3 Å². The van der Waals surface area contributed by atoms with Crippen LogP contribution in [0.25, 0.3) is 21.2 Å². The average Bonchev–Trinajstić information content (AvgIpc) is 3.25. The van der Waals surface area contributed by atoms with Gasteiger partial charge in [-0.25, -0.2) is 0 Å². The van der Waals surface area contributed by atoms with Crippen LogP contribution in [0.1, 0.15) is 20.8 Å². The summed E-state index contributed by atoms with van der Waals surface area (Å²) in [6.45, 7) is -0.268. The molecule has 4 N–H and O–H groups in total. The average molecular weight is 446 g/mol. The standard InChI is InChI=1S/C23H18N4O4S/c28-18(25-16-7-3-6-15-19(16)23(31)27-26-21(15)29)11-24-22(30)17-10-13-9-8-12-4-1-2-5-14(12)20(13)32-17/h1-7,10H,8-9,11H2,(H,24,30)(H,25,28)(H,26,29)(H,27,31). The summed E-state index contributed by atoms with van der Waals surface area (Å²) in [5, 5.41) is 9.97. The molecule has 0 spiro atoms. The minimum Gasteiger partial charge on any atom is -0.342 e. The number of carbonyl (C=O) groups is 2. The minimum atomic E-state index is -0.524. The zero-order valence-electron chi connectivity index (χ0n) is 16.8. The van der Waals surface area contributed by atoms with Crippen molar-refractivity contribution < 1.29 is 9.59 Å². The number of hydrogen-bond donors (Lipinski definition) is 4. The Bertz CT molecular complexity index is 1500. The van der Waals surface area contributed by atoms with Gasteiger partial charge in [-0.1, -0.05) is 30.3 Å². The van der Waals surface area contributed by atoms with Crippen LogP contribution in [0.5, 0.6) is 0 Å². The van der Waals surface area contributed by atoms with Crippen LogP contribution in [0.4, 0.5) is 5.69 Å². The molecule has 0 saturated heterocycles. The van der Waals surface area contributed by atoms with Crippen molar-refractivity contribution in [3.05, 3.63) is 85.2 Å². The van der Waals surface area contributed by atoms with Gasteiger partial charge in [0.25, 0.3) is 17.0 Å². The number of benzene rings is 2. The number of fused-ring (bicyclic) bond motifs is 4. The summed E-state index contributed by atoms with van der Waals surface area (Å²) < 4.78 is 0. The van der Waals surface area contributed by atoms with Crippen LogP contribution in [0.15, 0.2) is 58.1 Å². The molecule has 8 nitrogen and oxygen atoms in total. The first kappa shape index (κ1) is 20.0. The lowest BCUT2D eigenvalue weighted by Gasteiger charge is -2.15. The molecule has 2 aromatic carbocycles. The van der Waals surface area contributed by atoms with Crippen molar-refractivity contribution in [3.63, 3.8) is 0 Å². The van der Waals surface area contributed by atoms with Gasteiger partial charge in [0.05, 0.1) is 27.9 Å². The van der Waals surface area contributed by atoms with Gasteiger partial charge in [0.1, 0.15) is 0 Å². The molecule has 0 radical (unpaired) electrons. The molecule has 32 heavy (non-hydrogen) atoms. The Hall–Kier alpha value is -3.98. The summed E-state index contributed by atoms with van der Waals surface area (Å²) in [5.41, 5.74) is 2.79. The number of aromatic nitrogens is 2. The molecule has 2 aromatic heterocycles. The predicted octanol–water partition coefficient (Wildman–Crippen LogP) is 2.41. The fourth-order valence-electron chi connectivity index (χ4n) is 3.96. The second-order valence-corrected chi connectivity index (χ2v) is 8.54. The Morgan fingerprint density at radius 2 is 1.72 bits per heavy atom. The van der Waals surface area contributed by atoms with E-state index in [0.29, 0.717) is 4.88 Å². The lowest BCUT2D eigenvalue weighted by molar-refractivity contribution is -0.115. The lowest BCUT2D eigenvalue weighted by Crippen LogP contribution is -2.32. The molecule has 0 fully saturated rings. The van der Waals surface area contributed by atoms with Gasteiger partial charge in [-0.05, 0) is 47.7 Å². The SMILES string of the molecule is O=C(CNC(=O)c1cc2c(s1)-c1ccccc1CC2)Nc1cccc2c(=O)[nH][nH]c(=O)c12. The van der Waals surface area contributed by atoms with Crippen LogP contribution in [0.2, 0.25) is 0 Å². The van der Waals surface area contributed by atoms with E-state index < -0.39 is 17.0 Å². The topological polar surface area (TPSA) is 124 Å². The summed E-state index contributed by atoms with van der Waals surface area (Å²) in [6, 6.07) is 14.7. The van der Waals surface area contributed by atoms with Crippen LogP contribution >= 0.6 is 11.3 Å². The maximum absolute atomic E-state index is 12.7. The van der Waals surface area contributed by atoms with Crippen LogP contribution in [-0.2, 0) is 17.6 Å². The van der Waals surface area contributed by atoms with E-state index in [1.54, 1.807) is 6.07 Å². The van der Waals surface area contributed by atoms with E-state index in [4.69, 9.17) is 0 Å². The molecular formula is C23H18N4O4S. The summed E-state index contributed by atoms with van der Waals surface area (Å²) in [4.78, 5) is 50.8. The predicted molar refractivity (Wildman–Crippen MR) is 123 cm³/mol. The number of carbonyl (C=O) groups excluding carboxylic acids is 2. The van der Waals surface area contributed by atoms with Crippen molar-refractivity contribution in [2.45, 2.75) is 12.8 Å². The smallest absolute Gasteiger partial charge is 0.272 e. The van der Waals surface area contributed by atoms with E-state index in [1.807, 2.05) is 18.2 Å². The third kappa shape index (κ3) is 3.52. The third-order valence-corrected chi connectivity index (χ3v) is 6.68. The molecule has 2 amide bonds. The zero-order chi connectivity index (χ0) is 22.2. The maximum atomic E-state index is 12.7. The Labute approximate surface area is 185 Å². The second-order valence-electron chi connectivity index (χ2n) is 7.49. The number of amides is 2. The monoisotopic (exact) mass is 446 g/mol. The van der Waals surface area contributed by atoms with Gasteiger partial charge in [0.2, 0.25) is 5.91 Å². The van der Waals surface area contributed by atoms with E-state index in [1.165, 1.54) is 29.0 Å². The van der Waals surface area contributed by atoms with Crippen LogP contribution in [0.3, 0.4) is 0 Å². The van der Waals surface area contributed by atoms with Crippen molar-refractivity contribution >= 4 is 39.6 Å². The molecule has 4 aromatic rings. The van der Waals surface area contributed by atoms with Crippen molar-refractivity contribution in [1.82, 2.24) is 15.5 Å². The van der Waals surface area contributed by atoms with Crippen molar-refractivity contribution in [3.8, 4) is 10.4 Å². The van der Waals surface area contributed by atoms with Crippen molar-refractivity contribution in [1.29, 1.82) is 0 Å². The molecule has 5 rings (SSSR count). The van der Waals surface area contributed by atoms with Gasteiger partial charge in [-0.2, -0.15) is 0 Å². The Morgan fingerprint density at radius 1 is 0.938 bits per heavy atom. The minimum absolute atomic E-state index is 0.0838. The van der Waals surface area contributed by atoms with E-state index in [9.17, 15) is 19.2 Å². The first-order valence-electron chi connectivity index (χ1n) is 10.0. The quantitative estimate of drug-likeness (QED) is 0.384. The molecule has 1 aliphatic rings. The van der Waals surface area contributed by atoms with Gasteiger partial charge in [0, 0.05) is 4.88 Å². The molecule has 0 aliphatic heterocycles. The zero-order valence-corrected chi connectivity index (χ0v) is 17.6. The molecule has 1 aliphatic carbocycles. The highest BCUT2D eigenvalue weighted by atomic mass is 32.1. The van der Waals surface area contributed by atoms with Gasteiger partial charge < -0.3 is 10.6 Å². The van der Waals surface area contributed by atoms with E-state index >= 15 is 0 Å². The van der Waals surface area contributed by atoms with Gasteiger partial charge in [-0.3, -0.25) is 29.4 Å². The normalized spacial score (nSPS) is 12.1. The van der Waals surface area contributed by atoms with Gasteiger partial charge in [0.15, 0.2) is 0 Å². The molecule has 160 valence electrons. The maximum Gasteiger partial charge on any atom is 0.272 e. The molecule has 0 unspecified atom stereocenters. The molecule has 2 heterocycles. The third-order valence-electron chi connectivity index (χ3n) is 5.47. The summed E-state index contributed by atoms with van der Waals surface area (Å²) in [7, 11) is 0. The van der Waals surface area contributed by atoms with E-state index in [2.05, 4.69) is 33.0 Å². The Balaban J connectivity index is 1.30. The Morgan fingerprint density at radius 3 is 2.59 bits per heavy atom. The van der Waals surface area contributed by atoms with Crippen molar-refractivity contribution in [2.24, 2.45) is 0 Å². The number of thiophene rings is 1. The first-order valence-corrected chi connectivity index (χ1v) is 10.9. The highest BCUT2D eigenvalue weighted by Gasteiger charge is 2.21. The molecule has 9 heteroatoms. The summed E-state index contributed by atoms with van der Waals surface area (Å²) in [6.07, 6.45) is 1.82. The number of anilines is 1. The summed E-state index contributed by atoms with van der Waals surface area (Å²) >= 11 is 1.42. The van der Waals surface area contributed by atoms with E-state index in [0.717, 1.165) is 28.8 Å². The first-order chi connectivity index (χ1) is 15.5. The lowest BCUT2D eigenvalue weighted by atomic mass is 9.91. The number of H-pyrrole nitrogens is 2. The highest BCUT2D eigenvalue weighted by Crippen LogP contribution is 2.39. The highest BCUT2D eigenvalue weighted by molar-refractivity contribution is 7.17. The molecule has 0 atom stereocenters. The van der Waals surface area contributed by atoms with Crippen LogP contribution < -0.4 is 21.8 Å². The number of rotatable bonds is 4. The number of nitrogens with one attached hydrogen (secondary N) is 4. The molecule has 0 saturated carbocycles. The van der Waals surface area contributed by atoms with Crippen LogP contribution in [0, 0.1) is 0 Å². The second kappa shape index (κ2) is 7.93. The number of hydrogen-bond acceptors (Lipinski definition) is 5. The fourth-order valence-corrected chi connectivity index (χ4v) is 5.15. The number of aromatic amines is 2. The largest absolute Gasteiger partial charge is 0.342 e. The Kier molecular flexibility index (Phi) is 4.95. The van der Waals surface area contributed by atoms with Crippen LogP contribution in [-0.4, -0.2) is 28.6 Å². The number of aryl methyl sites for hydroxylation is 2. The fraction of sp³-hybridized carbons (Fsp3) is 0.130. The molecular weight excluding hydrogens is 428 g/mol. The summed E-state index contributed by atoms with van der Waals surface area (Å²) in [5.74, 6) is -0.832. The van der Waals surface area contributed by atoms with E-state index in [-0.39, 0.29) is 28.9 Å². The van der Waals surface area contributed by atoms with Gasteiger partial charge >= 0.3 is 0 Å². The van der Waals surface area contributed by atoms with Crippen molar-refractivity contribution in [2.75, 3.05) is 11.9 Å². The molecule has 0 bridgehead atoms.